The molecule has 0 amide bonds. The molecule has 1 rings (SSSR count). The normalized spacial score (nSPS) is 10.9. The third kappa shape index (κ3) is 3.05. The van der Waals surface area contributed by atoms with Gasteiger partial charge in [-0.2, -0.15) is 0 Å². The zero-order valence-corrected chi connectivity index (χ0v) is 7.83. The Bertz CT molecular complexity index is 312. The van der Waals surface area contributed by atoms with Gasteiger partial charge in [0.05, 0.1) is 0 Å². The molecule has 0 saturated carbocycles. The van der Waals surface area contributed by atoms with Crippen LogP contribution in [0.25, 0.3) is 6.08 Å². The first-order valence-corrected chi connectivity index (χ1v) is 4.30. The van der Waals surface area contributed by atoms with Crippen LogP contribution in [0.2, 0.25) is 5.15 Å². The lowest BCUT2D eigenvalue weighted by atomic mass is 10.2. The molecule has 0 unspecified atom stereocenters. The number of nitrogens with zero attached hydrogens (tertiary/aromatic N) is 1. The zero-order valence-electron chi connectivity index (χ0n) is 7.07. The highest BCUT2D eigenvalue weighted by Gasteiger charge is 1.96. The molecule has 0 bridgehead atoms. The van der Waals surface area contributed by atoms with Gasteiger partial charge in [0.2, 0.25) is 0 Å². The molecule has 0 atom stereocenters. The van der Waals surface area contributed by atoms with Gasteiger partial charge in [-0.1, -0.05) is 23.8 Å². The summed E-state index contributed by atoms with van der Waals surface area (Å²) in [6, 6.07) is 1.60. The van der Waals surface area contributed by atoms with Crippen molar-refractivity contribution >= 4 is 23.4 Å². The van der Waals surface area contributed by atoms with E-state index in [2.05, 4.69) is 4.98 Å². The Balaban J connectivity index is 2.77. The fourth-order valence-corrected chi connectivity index (χ4v) is 1.05. The number of halogens is 1. The van der Waals surface area contributed by atoms with E-state index in [4.69, 9.17) is 22.4 Å². The van der Waals surface area contributed by atoms with Crippen molar-refractivity contribution in [2.45, 2.75) is 6.42 Å². The van der Waals surface area contributed by atoms with Crippen LogP contribution in [0.15, 0.2) is 18.3 Å². The van der Waals surface area contributed by atoms with E-state index in [1.54, 1.807) is 12.3 Å². The Morgan fingerprint density at radius 1 is 1.62 bits per heavy atom. The lowest BCUT2D eigenvalue weighted by Crippen LogP contribution is -1.90. The van der Waals surface area contributed by atoms with Crippen LogP contribution in [0.1, 0.15) is 12.0 Å². The maximum atomic E-state index is 8.54. The van der Waals surface area contributed by atoms with Crippen molar-refractivity contribution < 1.29 is 5.11 Å². The first kappa shape index (κ1) is 10.0. The largest absolute Gasteiger partial charge is 0.398 e. The molecule has 13 heavy (non-hydrogen) atoms. The highest BCUT2D eigenvalue weighted by atomic mass is 35.5. The first-order valence-electron chi connectivity index (χ1n) is 3.92. The number of pyridine rings is 1. The maximum absolute atomic E-state index is 8.54. The Hall–Kier alpha value is -1.06. The Kier molecular flexibility index (Phi) is 3.73. The van der Waals surface area contributed by atoms with Crippen molar-refractivity contribution in [3.63, 3.8) is 0 Å². The van der Waals surface area contributed by atoms with E-state index in [1.807, 2.05) is 12.2 Å². The molecule has 0 aromatic carbocycles. The quantitative estimate of drug-likeness (QED) is 0.727. The number of rotatable bonds is 3. The monoisotopic (exact) mass is 198 g/mol. The van der Waals surface area contributed by atoms with Gasteiger partial charge in [0, 0.05) is 24.1 Å². The van der Waals surface area contributed by atoms with Crippen molar-refractivity contribution in [2.75, 3.05) is 12.3 Å². The Morgan fingerprint density at radius 3 is 3.00 bits per heavy atom. The number of nitrogens with two attached hydrogens (primary N) is 1. The number of aliphatic hydroxyl groups is 1. The van der Waals surface area contributed by atoms with Gasteiger partial charge in [-0.05, 0) is 12.5 Å². The minimum Gasteiger partial charge on any atom is -0.398 e. The second-order valence-corrected chi connectivity index (χ2v) is 2.94. The summed E-state index contributed by atoms with van der Waals surface area (Å²) in [6.07, 6.45) is 5.86. The van der Waals surface area contributed by atoms with Crippen molar-refractivity contribution in [3.8, 4) is 0 Å². The fourth-order valence-electron chi connectivity index (χ4n) is 0.879. The molecule has 0 spiro atoms. The number of aliphatic hydroxyl groups excluding tert-OH is 1. The van der Waals surface area contributed by atoms with Crippen molar-refractivity contribution in [3.05, 3.63) is 29.1 Å². The standard InChI is InChI=1S/C9H11ClN2O/c10-9-5-8(11)7(6-12-9)3-1-2-4-13/h1,3,5-6,13H,2,4H2,(H2,11,12). The van der Waals surface area contributed by atoms with Gasteiger partial charge in [0.1, 0.15) is 5.15 Å². The van der Waals surface area contributed by atoms with Crippen LogP contribution in [0, 0.1) is 0 Å². The zero-order chi connectivity index (χ0) is 9.68. The lowest BCUT2D eigenvalue weighted by molar-refractivity contribution is 0.303. The fraction of sp³-hybridized carbons (Fsp3) is 0.222. The van der Waals surface area contributed by atoms with E-state index in [0.717, 1.165) is 5.56 Å². The number of nitrogen functional groups attached to an aromatic ring is 1. The molecule has 0 fully saturated rings. The summed E-state index contributed by atoms with van der Waals surface area (Å²) in [7, 11) is 0. The molecule has 1 aromatic heterocycles. The van der Waals surface area contributed by atoms with Gasteiger partial charge in [-0.3, -0.25) is 0 Å². The number of aromatic nitrogens is 1. The molecule has 0 radical (unpaired) electrons. The predicted octanol–water partition coefficient (Wildman–Crippen LogP) is 1.71. The minimum absolute atomic E-state index is 0.136. The third-order valence-electron chi connectivity index (χ3n) is 1.53. The summed E-state index contributed by atoms with van der Waals surface area (Å²) in [5, 5.41) is 8.92. The second kappa shape index (κ2) is 4.84. The summed E-state index contributed by atoms with van der Waals surface area (Å²) in [6.45, 7) is 0.136. The number of anilines is 1. The lowest BCUT2D eigenvalue weighted by Gasteiger charge is -1.98. The Morgan fingerprint density at radius 2 is 2.38 bits per heavy atom. The summed E-state index contributed by atoms with van der Waals surface area (Å²) in [4.78, 5) is 3.89. The van der Waals surface area contributed by atoms with E-state index >= 15 is 0 Å². The molecule has 0 aliphatic carbocycles. The summed E-state index contributed by atoms with van der Waals surface area (Å²) < 4.78 is 0. The van der Waals surface area contributed by atoms with Crippen LogP contribution in [0.5, 0.6) is 0 Å². The summed E-state index contributed by atoms with van der Waals surface area (Å²) in [5.41, 5.74) is 7.07. The van der Waals surface area contributed by atoms with Crippen LogP contribution >= 0.6 is 11.6 Å². The Labute approximate surface area is 81.9 Å². The second-order valence-electron chi connectivity index (χ2n) is 2.55. The predicted molar refractivity (Wildman–Crippen MR) is 54.4 cm³/mol. The molecule has 70 valence electrons. The maximum Gasteiger partial charge on any atom is 0.131 e. The molecule has 0 aliphatic rings. The van der Waals surface area contributed by atoms with Crippen molar-refractivity contribution in [1.82, 2.24) is 4.98 Å². The topological polar surface area (TPSA) is 59.1 Å². The van der Waals surface area contributed by atoms with Crippen LogP contribution in [-0.4, -0.2) is 16.7 Å². The van der Waals surface area contributed by atoms with Crippen molar-refractivity contribution in [2.24, 2.45) is 0 Å². The van der Waals surface area contributed by atoms with Crippen molar-refractivity contribution in [1.29, 1.82) is 0 Å². The molecule has 0 saturated heterocycles. The van der Waals surface area contributed by atoms with Gasteiger partial charge < -0.3 is 10.8 Å². The molecule has 4 heteroatoms. The SMILES string of the molecule is Nc1cc(Cl)ncc1C=CCCO. The molecule has 1 aromatic rings. The van der Waals surface area contributed by atoms with Gasteiger partial charge >= 0.3 is 0 Å². The highest BCUT2D eigenvalue weighted by Crippen LogP contribution is 2.16. The molecular weight excluding hydrogens is 188 g/mol. The summed E-state index contributed by atoms with van der Waals surface area (Å²) in [5.74, 6) is 0. The molecule has 3 nitrogen and oxygen atoms in total. The minimum atomic E-state index is 0.136. The average molecular weight is 199 g/mol. The van der Waals surface area contributed by atoms with E-state index in [-0.39, 0.29) is 6.61 Å². The smallest absolute Gasteiger partial charge is 0.131 e. The number of hydrogen-bond donors (Lipinski definition) is 2. The molecular formula is C9H11ClN2O. The van der Waals surface area contributed by atoms with E-state index in [0.29, 0.717) is 17.3 Å². The van der Waals surface area contributed by atoms with E-state index < -0.39 is 0 Å². The van der Waals surface area contributed by atoms with Crippen LogP contribution in [-0.2, 0) is 0 Å². The summed E-state index contributed by atoms with van der Waals surface area (Å²) >= 11 is 5.62. The first-order chi connectivity index (χ1) is 6.24. The van der Waals surface area contributed by atoms with Gasteiger partial charge in [-0.15, -0.1) is 0 Å². The van der Waals surface area contributed by atoms with E-state index in [1.165, 1.54) is 0 Å². The number of hydrogen-bond acceptors (Lipinski definition) is 3. The van der Waals surface area contributed by atoms with Gasteiger partial charge in [0.15, 0.2) is 0 Å². The van der Waals surface area contributed by atoms with Gasteiger partial charge in [0.25, 0.3) is 0 Å². The van der Waals surface area contributed by atoms with Gasteiger partial charge in [-0.25, -0.2) is 4.98 Å². The molecule has 1 heterocycles. The van der Waals surface area contributed by atoms with Crippen LogP contribution in [0.4, 0.5) is 5.69 Å². The highest BCUT2D eigenvalue weighted by molar-refractivity contribution is 6.29. The third-order valence-corrected chi connectivity index (χ3v) is 1.73. The molecule has 3 N–H and O–H groups in total. The van der Waals surface area contributed by atoms with Crippen LogP contribution < -0.4 is 5.73 Å². The molecule has 0 aliphatic heterocycles. The average Bonchev–Trinajstić information content (AvgIpc) is 2.09. The van der Waals surface area contributed by atoms with Crippen LogP contribution in [0.3, 0.4) is 0 Å². The van der Waals surface area contributed by atoms with E-state index in [9.17, 15) is 0 Å².